The summed E-state index contributed by atoms with van der Waals surface area (Å²) >= 11 is 0. The number of fused-ring (bicyclic) bond motifs is 5. The van der Waals surface area contributed by atoms with Crippen LogP contribution in [0.3, 0.4) is 0 Å². The summed E-state index contributed by atoms with van der Waals surface area (Å²) in [5.41, 5.74) is 1.22. The van der Waals surface area contributed by atoms with E-state index in [1.807, 2.05) is 12.1 Å². The van der Waals surface area contributed by atoms with Crippen LogP contribution >= 0.6 is 0 Å². The smallest absolute Gasteiger partial charge is 0.125 e. The van der Waals surface area contributed by atoms with E-state index in [1.165, 1.54) is 51.0 Å². The number of halogens is 1. The first-order valence-electron chi connectivity index (χ1n) is 12.0. The molecule has 3 heteroatoms. The lowest BCUT2D eigenvalue weighted by atomic mass is 9.44. The zero-order chi connectivity index (χ0) is 20.4. The van der Waals surface area contributed by atoms with Crippen molar-refractivity contribution in [1.82, 2.24) is 0 Å². The molecule has 0 unspecified atom stereocenters. The van der Waals surface area contributed by atoms with Crippen LogP contribution in [0, 0.1) is 40.3 Å². The fourth-order valence-electron chi connectivity index (χ4n) is 8.45. The van der Waals surface area contributed by atoms with Gasteiger partial charge in [0.15, 0.2) is 0 Å². The molecule has 5 rings (SSSR count). The third kappa shape index (κ3) is 3.14. The molecule has 29 heavy (non-hydrogen) atoms. The molecule has 1 aromatic rings. The molecule has 4 fully saturated rings. The maximum Gasteiger partial charge on any atom is 0.125 e. The molecule has 2 N–H and O–H groups in total. The molecule has 4 saturated carbocycles. The zero-order valence-corrected chi connectivity index (χ0v) is 18.4. The van der Waals surface area contributed by atoms with Crippen LogP contribution < -0.4 is 5.32 Å². The maximum atomic E-state index is 13.7. The van der Waals surface area contributed by atoms with Gasteiger partial charge in [-0.15, -0.1) is 0 Å². The van der Waals surface area contributed by atoms with Crippen LogP contribution in [0.5, 0.6) is 0 Å². The molecule has 0 aromatic heterocycles. The van der Waals surface area contributed by atoms with Crippen LogP contribution in [0.4, 0.5) is 10.1 Å². The second-order valence-electron chi connectivity index (χ2n) is 11.7. The van der Waals surface area contributed by atoms with Crippen molar-refractivity contribution in [2.75, 3.05) is 5.32 Å². The van der Waals surface area contributed by atoms with Crippen LogP contribution in [0.2, 0.25) is 0 Å². The quantitative estimate of drug-likeness (QED) is 0.603. The lowest BCUT2D eigenvalue weighted by Gasteiger charge is -2.61. The Morgan fingerprint density at radius 3 is 2.52 bits per heavy atom. The number of hydrogen-bond acceptors (Lipinski definition) is 2. The monoisotopic (exact) mass is 399 g/mol. The van der Waals surface area contributed by atoms with E-state index in [2.05, 4.69) is 26.1 Å². The molecule has 8 atom stereocenters. The first-order valence-corrected chi connectivity index (χ1v) is 12.0. The molecule has 0 heterocycles. The van der Waals surface area contributed by atoms with Crippen molar-refractivity contribution in [2.45, 2.75) is 90.2 Å². The first kappa shape index (κ1) is 19.8. The molecule has 0 aliphatic heterocycles. The fraction of sp³-hybridized carbons (Fsp3) is 0.769. The Balaban J connectivity index is 1.36. The second-order valence-corrected chi connectivity index (χ2v) is 11.7. The number of anilines is 1. The van der Waals surface area contributed by atoms with E-state index < -0.39 is 5.60 Å². The highest BCUT2D eigenvalue weighted by atomic mass is 19.1. The molecule has 0 radical (unpaired) electrons. The summed E-state index contributed by atoms with van der Waals surface area (Å²) in [6, 6.07) is 7.43. The Kier molecular flexibility index (Phi) is 4.59. The molecule has 160 valence electrons. The molecule has 1 aromatic carbocycles. The Hall–Kier alpha value is -1.09. The van der Waals surface area contributed by atoms with E-state index in [0.29, 0.717) is 22.8 Å². The average molecular weight is 400 g/mol. The molecule has 0 saturated heterocycles. The van der Waals surface area contributed by atoms with Gasteiger partial charge >= 0.3 is 0 Å². The Morgan fingerprint density at radius 2 is 1.72 bits per heavy atom. The van der Waals surface area contributed by atoms with Gasteiger partial charge in [0.05, 0.1) is 5.60 Å². The van der Waals surface area contributed by atoms with Crippen LogP contribution in [0.1, 0.15) is 78.6 Å². The number of rotatable bonds is 2. The SMILES string of the molecule is C[C@@]1(O)CC[C@@]2(C)[C@@H](CC[C@@H]3[C@@H]2CC[C@]2(C)[C@@H](Nc4cccc(F)c4)CC[C@@H]32)C1. The van der Waals surface area contributed by atoms with Crippen molar-refractivity contribution in [3.8, 4) is 0 Å². The highest BCUT2D eigenvalue weighted by molar-refractivity contribution is 5.45. The number of hydrogen-bond donors (Lipinski definition) is 2. The van der Waals surface area contributed by atoms with E-state index in [1.54, 1.807) is 6.07 Å². The average Bonchev–Trinajstić information content (AvgIpc) is 2.99. The molecule has 2 nitrogen and oxygen atoms in total. The van der Waals surface area contributed by atoms with E-state index in [9.17, 15) is 9.50 Å². The van der Waals surface area contributed by atoms with E-state index >= 15 is 0 Å². The molecule has 0 spiro atoms. The van der Waals surface area contributed by atoms with Gasteiger partial charge in [-0.05, 0) is 117 Å². The summed E-state index contributed by atoms with van der Waals surface area (Å²) < 4.78 is 13.7. The van der Waals surface area contributed by atoms with Crippen LogP contribution in [0.15, 0.2) is 24.3 Å². The van der Waals surface area contributed by atoms with Crippen molar-refractivity contribution in [3.05, 3.63) is 30.1 Å². The van der Waals surface area contributed by atoms with Crippen LogP contribution in [-0.2, 0) is 0 Å². The first-order chi connectivity index (χ1) is 13.7. The number of aliphatic hydroxyl groups is 1. The van der Waals surface area contributed by atoms with Crippen molar-refractivity contribution in [1.29, 1.82) is 0 Å². The molecule has 0 amide bonds. The van der Waals surface area contributed by atoms with Gasteiger partial charge in [0, 0.05) is 11.7 Å². The van der Waals surface area contributed by atoms with Gasteiger partial charge in [-0.1, -0.05) is 19.9 Å². The normalized spacial score (nSPS) is 49.1. The summed E-state index contributed by atoms with van der Waals surface area (Å²) in [7, 11) is 0. The third-order valence-corrected chi connectivity index (χ3v) is 10.1. The molecular formula is C26H38FNO. The fourth-order valence-corrected chi connectivity index (χ4v) is 8.45. The Bertz CT molecular complexity index is 778. The highest BCUT2D eigenvalue weighted by Crippen LogP contribution is 2.67. The molecular weight excluding hydrogens is 361 g/mol. The van der Waals surface area contributed by atoms with Gasteiger partial charge in [-0.2, -0.15) is 0 Å². The lowest BCUT2D eigenvalue weighted by molar-refractivity contribution is -0.142. The standard InChI is InChI=1S/C26H38FNO/c1-24(29)13-14-25(2)17(16-24)7-8-20-21-9-10-23(26(21,3)12-11-22(20)25)28-19-6-4-5-18(27)15-19/h4-6,15,17,20-23,28-29H,7-14,16H2,1-3H3/t17-,20-,21-,22-,23-,24+,25-,26-/m0/s1. The maximum absolute atomic E-state index is 13.7. The zero-order valence-electron chi connectivity index (χ0n) is 18.4. The van der Waals surface area contributed by atoms with E-state index in [0.717, 1.165) is 36.3 Å². The minimum Gasteiger partial charge on any atom is -0.390 e. The lowest BCUT2D eigenvalue weighted by Crippen LogP contribution is -2.56. The van der Waals surface area contributed by atoms with Gasteiger partial charge in [0.2, 0.25) is 0 Å². The van der Waals surface area contributed by atoms with Crippen molar-refractivity contribution >= 4 is 5.69 Å². The van der Waals surface area contributed by atoms with Gasteiger partial charge in [0.25, 0.3) is 0 Å². The Morgan fingerprint density at radius 1 is 0.931 bits per heavy atom. The van der Waals surface area contributed by atoms with E-state index in [4.69, 9.17) is 0 Å². The predicted molar refractivity (Wildman–Crippen MR) is 116 cm³/mol. The summed E-state index contributed by atoms with van der Waals surface area (Å²) in [5, 5.41) is 14.4. The topological polar surface area (TPSA) is 32.3 Å². The predicted octanol–water partition coefficient (Wildman–Crippen LogP) is 6.40. The van der Waals surface area contributed by atoms with Crippen molar-refractivity contribution in [2.24, 2.45) is 34.5 Å². The van der Waals surface area contributed by atoms with Gasteiger partial charge in [-0.25, -0.2) is 4.39 Å². The van der Waals surface area contributed by atoms with E-state index in [-0.39, 0.29) is 5.82 Å². The summed E-state index contributed by atoms with van der Waals surface area (Å²) in [5.74, 6) is 2.98. The highest BCUT2D eigenvalue weighted by Gasteiger charge is 2.60. The number of nitrogens with one attached hydrogen (secondary N) is 1. The third-order valence-electron chi connectivity index (χ3n) is 10.1. The molecule has 0 bridgehead atoms. The van der Waals surface area contributed by atoms with Crippen molar-refractivity contribution < 1.29 is 9.50 Å². The van der Waals surface area contributed by atoms with Crippen LogP contribution in [-0.4, -0.2) is 16.7 Å². The summed E-state index contributed by atoms with van der Waals surface area (Å²) in [6.07, 6.45) is 10.9. The minimum atomic E-state index is -0.451. The number of benzene rings is 1. The van der Waals surface area contributed by atoms with Gasteiger partial charge in [0.1, 0.15) is 5.82 Å². The molecule has 4 aliphatic carbocycles. The summed E-state index contributed by atoms with van der Waals surface area (Å²) in [4.78, 5) is 0. The molecule has 4 aliphatic rings. The largest absolute Gasteiger partial charge is 0.390 e. The minimum absolute atomic E-state index is 0.155. The second kappa shape index (κ2) is 6.70. The van der Waals surface area contributed by atoms with Gasteiger partial charge in [-0.3, -0.25) is 0 Å². The van der Waals surface area contributed by atoms with Gasteiger partial charge < -0.3 is 10.4 Å². The summed E-state index contributed by atoms with van der Waals surface area (Å²) in [6.45, 7) is 7.12. The van der Waals surface area contributed by atoms with Crippen molar-refractivity contribution in [3.63, 3.8) is 0 Å². The van der Waals surface area contributed by atoms with Crippen LogP contribution in [0.25, 0.3) is 0 Å². The Labute approximate surface area is 175 Å².